The van der Waals surface area contributed by atoms with Crippen LogP contribution in [0.2, 0.25) is 5.04 Å². The van der Waals surface area contributed by atoms with Gasteiger partial charge >= 0.3 is 11.7 Å². The molecule has 4 atom stereocenters. The third kappa shape index (κ3) is 8.04. The molecular formula is C40H44N2O10SSi. The number of esters is 1. The highest BCUT2D eigenvalue weighted by atomic mass is 32.2. The van der Waals surface area contributed by atoms with Gasteiger partial charge in [0, 0.05) is 19.2 Å². The Bertz CT molecular complexity index is 2280. The number of nitrogens with zero attached hydrogens (tertiary/aromatic N) is 1. The molecule has 0 radical (unpaired) electrons. The maximum absolute atomic E-state index is 13.3. The van der Waals surface area contributed by atoms with Crippen molar-refractivity contribution in [2.24, 2.45) is 0 Å². The van der Waals surface area contributed by atoms with Crippen molar-refractivity contribution < 1.29 is 36.0 Å². The van der Waals surface area contributed by atoms with E-state index in [2.05, 4.69) is 25.8 Å². The molecule has 0 unspecified atom stereocenters. The first-order valence-corrected chi connectivity index (χ1v) is 21.2. The van der Waals surface area contributed by atoms with Gasteiger partial charge in [-0.05, 0) is 31.7 Å². The molecule has 12 nitrogen and oxygen atoms in total. The molecule has 1 N–H and O–H groups in total. The summed E-state index contributed by atoms with van der Waals surface area (Å²) < 4.78 is 58.9. The van der Waals surface area contributed by atoms with Crippen LogP contribution in [0.3, 0.4) is 0 Å². The number of aromatic amines is 1. The largest absolute Gasteiger partial charge is 0.455 e. The van der Waals surface area contributed by atoms with Crippen molar-refractivity contribution in [1.29, 1.82) is 0 Å². The average Bonchev–Trinajstić information content (AvgIpc) is 3.42. The molecule has 0 spiro atoms. The molecule has 1 aliphatic rings. The number of fused-ring (bicyclic) bond motifs is 1. The van der Waals surface area contributed by atoms with Gasteiger partial charge in [-0.25, -0.2) is 4.79 Å². The predicted octanol–water partition coefficient (Wildman–Crippen LogP) is 4.03. The van der Waals surface area contributed by atoms with Crippen LogP contribution in [0, 0.1) is 0 Å². The van der Waals surface area contributed by atoms with Crippen molar-refractivity contribution in [1.82, 2.24) is 9.55 Å². The molecule has 0 amide bonds. The molecule has 0 bridgehead atoms. The molecular weight excluding hydrogens is 729 g/mol. The zero-order valence-corrected chi connectivity index (χ0v) is 32.6. The third-order valence-electron chi connectivity index (χ3n) is 9.65. The van der Waals surface area contributed by atoms with Crippen LogP contribution in [0.15, 0.2) is 125 Å². The normalized spacial score (nSPS) is 20.6. The number of nitrogens with one attached hydrogen (secondary N) is 1. The quantitative estimate of drug-likeness (QED) is 0.106. The number of hydrogen-bond donors (Lipinski definition) is 1. The molecule has 1 fully saturated rings. The van der Waals surface area contributed by atoms with Gasteiger partial charge in [0.2, 0.25) is 0 Å². The van der Waals surface area contributed by atoms with Crippen LogP contribution in [-0.4, -0.2) is 69.5 Å². The summed E-state index contributed by atoms with van der Waals surface area (Å²) in [6.45, 7) is 6.51. The SMILES string of the molecule is CC(=O)O[C@H]1[C@H](n2ccc(=O)[nH]c2=O)O[C@@](CO[Si](c2ccccc2)(c2ccccc2)C(C)(C)C)(COS(C)(=O)=O)[C@H]1OCc1cccc2ccccc12. The van der Waals surface area contributed by atoms with Gasteiger partial charge in [-0.3, -0.25) is 23.3 Å². The first-order chi connectivity index (χ1) is 25.6. The Labute approximate surface area is 314 Å². The molecule has 284 valence electrons. The molecule has 1 aromatic heterocycles. The number of hydrogen-bond acceptors (Lipinski definition) is 10. The number of H-pyrrole nitrogens is 1. The standard InChI is InChI=1S/C40H44N2O10SSi/c1-28(43)51-35-36(48-25-30-17-14-16-29-15-12-13-22-33(29)30)40(26-49-53(5,46)47,52-37(35)42-24-23-34(44)41-38(42)45)27-50-54(39(2,3)4,31-18-8-6-9-19-31)32-20-10-7-11-21-32/h6-24,35-37H,25-27H2,1-5H3,(H,41,44,45)/t35-,36+,37-,40-/m1/s1. The number of rotatable bonds is 13. The first-order valence-electron chi connectivity index (χ1n) is 17.5. The number of aromatic nitrogens is 2. The van der Waals surface area contributed by atoms with Crippen molar-refractivity contribution in [2.45, 2.75) is 63.4 Å². The van der Waals surface area contributed by atoms with Gasteiger partial charge in [-0.15, -0.1) is 0 Å². The lowest BCUT2D eigenvalue weighted by Gasteiger charge is -2.45. The molecule has 1 saturated heterocycles. The van der Waals surface area contributed by atoms with E-state index >= 15 is 0 Å². The predicted molar refractivity (Wildman–Crippen MR) is 207 cm³/mol. The first kappa shape index (κ1) is 39.0. The second-order valence-corrected chi connectivity index (χ2v) is 20.4. The summed E-state index contributed by atoms with van der Waals surface area (Å²) in [6, 6.07) is 34.3. The summed E-state index contributed by atoms with van der Waals surface area (Å²) >= 11 is 0. The van der Waals surface area contributed by atoms with E-state index < -0.39 is 71.3 Å². The molecule has 0 saturated carbocycles. The molecule has 0 aliphatic carbocycles. The Kier molecular flexibility index (Phi) is 11.2. The molecule has 14 heteroatoms. The Balaban J connectivity index is 1.55. The van der Waals surface area contributed by atoms with Crippen molar-refractivity contribution in [3.8, 4) is 0 Å². The van der Waals surface area contributed by atoms with Crippen LogP contribution in [-0.2, 0) is 44.3 Å². The summed E-state index contributed by atoms with van der Waals surface area (Å²) in [5.41, 5.74) is -2.51. The van der Waals surface area contributed by atoms with Crippen LogP contribution in [0.1, 0.15) is 39.5 Å². The van der Waals surface area contributed by atoms with E-state index in [9.17, 15) is 22.8 Å². The molecule has 1 aliphatic heterocycles. The van der Waals surface area contributed by atoms with Gasteiger partial charge in [0.25, 0.3) is 24.0 Å². The van der Waals surface area contributed by atoms with Crippen LogP contribution in [0.5, 0.6) is 0 Å². The highest BCUT2D eigenvalue weighted by molar-refractivity contribution is 7.86. The second-order valence-electron chi connectivity index (χ2n) is 14.5. The fourth-order valence-electron chi connectivity index (χ4n) is 7.30. The van der Waals surface area contributed by atoms with Crippen molar-refractivity contribution in [3.05, 3.63) is 142 Å². The Morgan fingerprint density at radius 2 is 1.48 bits per heavy atom. The highest BCUT2D eigenvalue weighted by Crippen LogP contribution is 2.44. The Morgan fingerprint density at radius 3 is 2.07 bits per heavy atom. The van der Waals surface area contributed by atoms with E-state index in [1.165, 1.54) is 13.1 Å². The fraction of sp³-hybridized carbons (Fsp3) is 0.325. The van der Waals surface area contributed by atoms with Crippen LogP contribution >= 0.6 is 0 Å². The maximum atomic E-state index is 13.3. The molecule has 2 heterocycles. The summed E-state index contributed by atoms with van der Waals surface area (Å²) in [6.07, 6.45) is -1.88. The number of ether oxygens (including phenoxy) is 3. The topological polar surface area (TPSA) is 152 Å². The second kappa shape index (κ2) is 15.6. The van der Waals surface area contributed by atoms with E-state index in [0.717, 1.165) is 43.6 Å². The van der Waals surface area contributed by atoms with Crippen LogP contribution in [0.25, 0.3) is 10.8 Å². The lowest BCUT2D eigenvalue weighted by Crippen LogP contribution is -2.68. The Hall–Kier alpha value is -4.70. The van der Waals surface area contributed by atoms with E-state index in [1.807, 2.05) is 103 Å². The monoisotopic (exact) mass is 772 g/mol. The van der Waals surface area contributed by atoms with Crippen molar-refractivity contribution >= 4 is 45.6 Å². The van der Waals surface area contributed by atoms with E-state index in [0.29, 0.717) is 0 Å². The van der Waals surface area contributed by atoms with Gasteiger partial charge < -0.3 is 18.6 Å². The highest BCUT2D eigenvalue weighted by Gasteiger charge is 2.61. The third-order valence-corrected chi connectivity index (χ3v) is 15.2. The van der Waals surface area contributed by atoms with Gasteiger partial charge in [0.15, 0.2) is 12.3 Å². The summed E-state index contributed by atoms with van der Waals surface area (Å²) in [4.78, 5) is 40.5. The maximum Gasteiger partial charge on any atom is 0.330 e. The van der Waals surface area contributed by atoms with Crippen LogP contribution in [0.4, 0.5) is 0 Å². The Morgan fingerprint density at radius 1 is 0.870 bits per heavy atom. The summed E-state index contributed by atoms with van der Waals surface area (Å²) in [5.74, 6) is -0.711. The minimum atomic E-state index is -4.10. The fourth-order valence-corrected chi connectivity index (χ4v) is 12.3. The van der Waals surface area contributed by atoms with E-state index in [1.54, 1.807) is 0 Å². The van der Waals surface area contributed by atoms with Crippen LogP contribution < -0.4 is 21.6 Å². The zero-order valence-electron chi connectivity index (χ0n) is 30.8. The molecule has 4 aromatic carbocycles. The van der Waals surface area contributed by atoms with Gasteiger partial charge in [-0.2, -0.15) is 8.42 Å². The van der Waals surface area contributed by atoms with Gasteiger partial charge in [0.1, 0.15) is 18.3 Å². The molecule has 54 heavy (non-hydrogen) atoms. The van der Waals surface area contributed by atoms with E-state index in [-0.39, 0.29) is 13.2 Å². The van der Waals surface area contributed by atoms with Crippen molar-refractivity contribution in [3.63, 3.8) is 0 Å². The minimum Gasteiger partial charge on any atom is -0.455 e. The zero-order chi connectivity index (χ0) is 38.7. The smallest absolute Gasteiger partial charge is 0.330 e. The number of carbonyl (C=O) groups excluding carboxylic acids is 1. The summed E-state index contributed by atoms with van der Waals surface area (Å²) in [7, 11) is -7.43. The number of carbonyl (C=O) groups is 1. The molecule has 6 rings (SSSR count). The number of benzene rings is 4. The van der Waals surface area contributed by atoms with Crippen molar-refractivity contribution in [2.75, 3.05) is 19.5 Å². The minimum absolute atomic E-state index is 0.0276. The summed E-state index contributed by atoms with van der Waals surface area (Å²) in [5, 5.41) is 3.27. The lowest BCUT2D eigenvalue weighted by atomic mass is 9.96. The average molecular weight is 773 g/mol. The lowest BCUT2D eigenvalue weighted by molar-refractivity contribution is -0.160. The van der Waals surface area contributed by atoms with Gasteiger partial charge in [0.05, 0.1) is 19.5 Å². The molecule has 5 aromatic rings. The van der Waals surface area contributed by atoms with E-state index in [4.69, 9.17) is 22.8 Å². The van der Waals surface area contributed by atoms with Gasteiger partial charge in [-0.1, -0.05) is 124 Å².